The Balaban J connectivity index is 2.51. The number of halogens is 2. The van der Waals surface area contributed by atoms with Crippen LogP contribution in [0.5, 0.6) is 11.5 Å². The van der Waals surface area contributed by atoms with Crippen molar-refractivity contribution in [3.63, 3.8) is 0 Å². The number of hydrogen-bond acceptors (Lipinski definition) is 5. The molecule has 0 fully saturated rings. The molecule has 1 aliphatic rings. The van der Waals surface area contributed by atoms with E-state index in [4.69, 9.17) is 9.47 Å². The van der Waals surface area contributed by atoms with Gasteiger partial charge in [0.2, 0.25) is 0 Å². The highest BCUT2D eigenvalue weighted by atomic mass is 19.3. The summed E-state index contributed by atoms with van der Waals surface area (Å²) in [6, 6.07) is 3.05. The molecule has 2 amide bonds. The average Bonchev–Trinajstić information content (AvgIpc) is 2.60. The number of ether oxygens (including phenoxy) is 3. The second-order valence-corrected chi connectivity index (χ2v) is 5.68. The van der Waals surface area contributed by atoms with E-state index in [9.17, 15) is 18.4 Å². The molecule has 0 saturated carbocycles. The highest BCUT2D eigenvalue weighted by molar-refractivity contribution is 5.95. The smallest absolute Gasteiger partial charge is 0.387 e. The first-order chi connectivity index (χ1) is 12.8. The van der Waals surface area contributed by atoms with E-state index >= 15 is 0 Å². The number of amides is 2. The van der Waals surface area contributed by atoms with Crippen LogP contribution >= 0.6 is 0 Å². The fourth-order valence-electron chi connectivity index (χ4n) is 2.72. The maximum atomic E-state index is 12.6. The number of carbonyl (C=O) groups is 2. The molecule has 148 valence electrons. The van der Waals surface area contributed by atoms with Gasteiger partial charge in [0, 0.05) is 12.7 Å². The van der Waals surface area contributed by atoms with Crippen molar-refractivity contribution in [3.05, 3.63) is 35.0 Å². The Morgan fingerprint density at radius 1 is 1.26 bits per heavy atom. The van der Waals surface area contributed by atoms with Gasteiger partial charge in [0.1, 0.15) is 0 Å². The third kappa shape index (κ3) is 4.47. The molecule has 0 aliphatic carbocycles. The molecule has 2 rings (SSSR count). The molecule has 1 aromatic carbocycles. The monoisotopic (exact) mass is 384 g/mol. The van der Waals surface area contributed by atoms with E-state index in [1.165, 1.54) is 30.1 Å². The van der Waals surface area contributed by atoms with Gasteiger partial charge in [-0.05, 0) is 38.5 Å². The quantitative estimate of drug-likeness (QED) is 0.731. The van der Waals surface area contributed by atoms with E-state index in [2.05, 4.69) is 10.1 Å². The predicted molar refractivity (Wildman–Crippen MR) is 92.6 cm³/mol. The van der Waals surface area contributed by atoms with Gasteiger partial charge in [-0.15, -0.1) is 0 Å². The SMILES string of the molecule is CCOC(=O)C1=C(C)N(C)C(=O)N[C@@H]1c1ccc(OC(F)F)c(OCC)c1. The average molecular weight is 384 g/mol. The van der Waals surface area contributed by atoms with Gasteiger partial charge in [-0.25, -0.2) is 9.59 Å². The zero-order valence-electron chi connectivity index (χ0n) is 15.5. The summed E-state index contributed by atoms with van der Waals surface area (Å²) in [7, 11) is 1.53. The van der Waals surface area contributed by atoms with Gasteiger partial charge in [-0.3, -0.25) is 0 Å². The number of rotatable bonds is 7. The Bertz CT molecular complexity index is 751. The lowest BCUT2D eigenvalue weighted by atomic mass is 9.94. The number of carbonyl (C=O) groups excluding carboxylic acids is 2. The Morgan fingerprint density at radius 2 is 1.96 bits per heavy atom. The van der Waals surface area contributed by atoms with E-state index in [-0.39, 0.29) is 30.3 Å². The second-order valence-electron chi connectivity index (χ2n) is 5.68. The number of nitrogens with zero attached hydrogens (tertiary/aromatic N) is 1. The maximum absolute atomic E-state index is 12.6. The largest absolute Gasteiger partial charge is 0.490 e. The van der Waals surface area contributed by atoms with E-state index in [1.807, 2.05) is 0 Å². The third-order valence-corrected chi connectivity index (χ3v) is 4.07. The van der Waals surface area contributed by atoms with Crippen molar-refractivity contribution in [2.45, 2.75) is 33.4 Å². The first-order valence-corrected chi connectivity index (χ1v) is 8.43. The summed E-state index contributed by atoms with van der Waals surface area (Å²) in [5, 5.41) is 2.72. The lowest BCUT2D eigenvalue weighted by molar-refractivity contribution is -0.139. The fourth-order valence-corrected chi connectivity index (χ4v) is 2.72. The summed E-state index contributed by atoms with van der Waals surface area (Å²) in [5.74, 6) is -0.615. The Labute approximate surface area is 155 Å². The van der Waals surface area contributed by atoms with Crippen molar-refractivity contribution in [3.8, 4) is 11.5 Å². The molecule has 0 bridgehead atoms. The van der Waals surface area contributed by atoms with Crippen LogP contribution in [-0.2, 0) is 9.53 Å². The standard InChI is InChI=1S/C18H22F2N2O5/c1-5-25-13-9-11(7-8-12(13)27-17(19)20)15-14(16(23)26-6-2)10(3)22(4)18(24)21-15/h7-9,15,17H,5-6H2,1-4H3,(H,21,24)/t15-/m1/s1. The Kier molecular flexibility index (Phi) is 6.59. The van der Waals surface area contributed by atoms with Crippen molar-refractivity contribution in [2.75, 3.05) is 20.3 Å². The minimum absolute atomic E-state index is 0.0874. The van der Waals surface area contributed by atoms with Crippen LogP contribution in [0.15, 0.2) is 29.5 Å². The fraction of sp³-hybridized carbons (Fsp3) is 0.444. The molecular formula is C18H22F2N2O5. The number of esters is 1. The van der Waals surface area contributed by atoms with Crippen molar-refractivity contribution < 1.29 is 32.6 Å². The lowest BCUT2D eigenvalue weighted by Crippen LogP contribution is -2.46. The van der Waals surface area contributed by atoms with Crippen molar-refractivity contribution in [2.24, 2.45) is 0 Å². The van der Waals surface area contributed by atoms with Crippen molar-refractivity contribution in [1.29, 1.82) is 0 Å². The number of allylic oxidation sites excluding steroid dienone is 1. The summed E-state index contributed by atoms with van der Waals surface area (Å²) < 4.78 is 40.1. The van der Waals surface area contributed by atoms with Gasteiger partial charge in [-0.2, -0.15) is 8.78 Å². The van der Waals surface area contributed by atoms with Crippen LogP contribution in [0, 0.1) is 0 Å². The minimum Gasteiger partial charge on any atom is -0.490 e. The van der Waals surface area contributed by atoms with E-state index in [0.29, 0.717) is 11.3 Å². The molecule has 1 atom stereocenters. The Hall–Kier alpha value is -2.84. The number of benzene rings is 1. The summed E-state index contributed by atoms with van der Waals surface area (Å²) >= 11 is 0. The zero-order valence-corrected chi connectivity index (χ0v) is 15.5. The number of hydrogen-bond donors (Lipinski definition) is 1. The molecule has 0 radical (unpaired) electrons. The molecule has 9 heteroatoms. The highest BCUT2D eigenvalue weighted by Gasteiger charge is 2.35. The highest BCUT2D eigenvalue weighted by Crippen LogP contribution is 2.36. The van der Waals surface area contributed by atoms with Crippen LogP contribution in [0.1, 0.15) is 32.4 Å². The van der Waals surface area contributed by atoms with E-state index in [0.717, 1.165) is 0 Å². The van der Waals surface area contributed by atoms with Crippen LogP contribution in [-0.4, -0.2) is 43.8 Å². The van der Waals surface area contributed by atoms with Crippen LogP contribution in [0.25, 0.3) is 0 Å². The molecular weight excluding hydrogens is 362 g/mol. The van der Waals surface area contributed by atoms with Gasteiger partial charge < -0.3 is 24.4 Å². The molecule has 0 spiro atoms. The van der Waals surface area contributed by atoms with Crippen LogP contribution < -0.4 is 14.8 Å². The molecule has 1 N–H and O–H groups in total. The molecule has 0 unspecified atom stereocenters. The van der Waals surface area contributed by atoms with Gasteiger partial charge >= 0.3 is 18.6 Å². The van der Waals surface area contributed by atoms with Gasteiger partial charge in [0.15, 0.2) is 11.5 Å². The van der Waals surface area contributed by atoms with Crippen molar-refractivity contribution >= 4 is 12.0 Å². The molecule has 1 aliphatic heterocycles. The van der Waals surface area contributed by atoms with Crippen LogP contribution in [0.4, 0.5) is 13.6 Å². The predicted octanol–water partition coefficient (Wildman–Crippen LogP) is 3.22. The molecule has 27 heavy (non-hydrogen) atoms. The lowest BCUT2D eigenvalue weighted by Gasteiger charge is -2.33. The Morgan fingerprint density at radius 3 is 2.56 bits per heavy atom. The minimum atomic E-state index is -3.00. The van der Waals surface area contributed by atoms with Crippen LogP contribution in [0.2, 0.25) is 0 Å². The van der Waals surface area contributed by atoms with Crippen molar-refractivity contribution in [1.82, 2.24) is 10.2 Å². The number of nitrogens with one attached hydrogen (secondary N) is 1. The molecule has 1 heterocycles. The molecule has 7 nitrogen and oxygen atoms in total. The summed E-state index contributed by atoms with van der Waals surface area (Å²) in [6.45, 7) is 2.40. The zero-order chi connectivity index (χ0) is 20.1. The summed E-state index contributed by atoms with van der Waals surface area (Å²) in [6.07, 6.45) is 0. The van der Waals surface area contributed by atoms with Gasteiger partial charge in [0.05, 0.1) is 24.8 Å². The second kappa shape index (κ2) is 8.70. The van der Waals surface area contributed by atoms with Gasteiger partial charge in [-0.1, -0.05) is 6.07 Å². The first-order valence-electron chi connectivity index (χ1n) is 8.43. The molecule has 0 saturated heterocycles. The summed E-state index contributed by atoms with van der Waals surface area (Å²) in [5.41, 5.74) is 1.17. The van der Waals surface area contributed by atoms with Crippen LogP contribution in [0.3, 0.4) is 0 Å². The van der Waals surface area contributed by atoms with Gasteiger partial charge in [0.25, 0.3) is 0 Å². The third-order valence-electron chi connectivity index (χ3n) is 4.07. The number of alkyl halides is 2. The topological polar surface area (TPSA) is 77.1 Å². The number of urea groups is 1. The van der Waals surface area contributed by atoms with E-state index < -0.39 is 24.7 Å². The molecule has 0 aromatic heterocycles. The van der Waals surface area contributed by atoms with E-state index in [1.54, 1.807) is 20.8 Å². The molecule has 1 aromatic rings. The maximum Gasteiger partial charge on any atom is 0.387 e. The summed E-state index contributed by atoms with van der Waals surface area (Å²) in [4.78, 5) is 26.0. The first kappa shape index (κ1) is 20.5. The normalized spacial score (nSPS) is 17.1.